The number of thiazole rings is 1. The summed E-state index contributed by atoms with van der Waals surface area (Å²) in [6, 6.07) is 3.75. The summed E-state index contributed by atoms with van der Waals surface area (Å²) in [5, 5.41) is 7.65. The Bertz CT molecular complexity index is 628. The molecule has 2 N–H and O–H groups in total. The van der Waals surface area contributed by atoms with E-state index < -0.39 is 0 Å². The Labute approximate surface area is 170 Å². The molecule has 0 aliphatic carbocycles. The van der Waals surface area contributed by atoms with Crippen molar-refractivity contribution >= 4 is 41.3 Å². The topological polar surface area (TPSA) is 71.4 Å². The number of aliphatic imine (C=N–C) groups is 1. The van der Waals surface area contributed by atoms with Gasteiger partial charge in [-0.15, -0.1) is 35.3 Å². The number of hydrogen-bond acceptors (Lipinski definition) is 5. The lowest BCUT2D eigenvalue weighted by atomic mass is 10.4. The molecule has 0 radical (unpaired) electrons. The summed E-state index contributed by atoms with van der Waals surface area (Å²) in [4.78, 5) is 14.4. The van der Waals surface area contributed by atoms with Crippen molar-refractivity contribution in [2.24, 2.45) is 4.99 Å². The summed E-state index contributed by atoms with van der Waals surface area (Å²) in [5.74, 6) is 1.58. The zero-order chi connectivity index (χ0) is 17.2. The molecular formula is C17H26IN5OS. The highest BCUT2D eigenvalue weighted by Gasteiger charge is 2.03. The molecule has 0 bridgehead atoms. The van der Waals surface area contributed by atoms with Crippen LogP contribution in [0.25, 0.3) is 0 Å². The second-order valence-electron chi connectivity index (χ2n) is 5.22. The highest BCUT2D eigenvalue weighted by atomic mass is 127. The van der Waals surface area contributed by atoms with Gasteiger partial charge in [0.25, 0.3) is 0 Å². The van der Waals surface area contributed by atoms with Crippen molar-refractivity contribution in [2.75, 3.05) is 26.2 Å². The minimum atomic E-state index is 0. The molecule has 2 heterocycles. The maximum atomic E-state index is 5.61. The van der Waals surface area contributed by atoms with Gasteiger partial charge in [-0.25, -0.2) is 4.98 Å². The summed E-state index contributed by atoms with van der Waals surface area (Å²) in [7, 11) is 0. The van der Waals surface area contributed by atoms with Crippen molar-refractivity contribution in [1.29, 1.82) is 0 Å². The second kappa shape index (κ2) is 12.0. The molecule has 138 valence electrons. The van der Waals surface area contributed by atoms with Crippen LogP contribution in [0.15, 0.2) is 29.5 Å². The third kappa shape index (κ3) is 8.00. The minimum absolute atomic E-state index is 0. The number of aromatic nitrogens is 2. The number of hydrogen-bond donors (Lipinski definition) is 2. The molecule has 25 heavy (non-hydrogen) atoms. The average molecular weight is 475 g/mol. The molecule has 2 aromatic rings. The first-order valence-corrected chi connectivity index (χ1v) is 8.98. The van der Waals surface area contributed by atoms with E-state index in [9.17, 15) is 0 Å². The third-order valence-corrected chi connectivity index (χ3v) is 4.44. The zero-order valence-corrected chi connectivity index (χ0v) is 18.1. The van der Waals surface area contributed by atoms with Crippen LogP contribution >= 0.6 is 35.3 Å². The number of guanidine groups is 1. The van der Waals surface area contributed by atoms with Crippen LogP contribution in [0.1, 0.15) is 22.5 Å². The Kier molecular flexibility index (Phi) is 10.4. The van der Waals surface area contributed by atoms with E-state index in [0.717, 1.165) is 35.4 Å². The maximum Gasteiger partial charge on any atom is 0.191 e. The standard InChI is InChI=1S/C17H25N5OS.HI/c1-4-19-17(20-9-7-16-22-13(2)14(3)24-16)21-10-11-23-15-6-5-8-18-12-15;/h5-6,8,12H,4,7,9-11H2,1-3H3,(H2,19,20,21);1H. The summed E-state index contributed by atoms with van der Waals surface area (Å²) in [5.41, 5.74) is 1.12. The van der Waals surface area contributed by atoms with Gasteiger partial charge < -0.3 is 15.4 Å². The van der Waals surface area contributed by atoms with E-state index in [1.807, 2.05) is 19.1 Å². The summed E-state index contributed by atoms with van der Waals surface area (Å²) >= 11 is 1.75. The largest absolute Gasteiger partial charge is 0.490 e. The van der Waals surface area contributed by atoms with Gasteiger partial charge in [-0.3, -0.25) is 9.98 Å². The zero-order valence-electron chi connectivity index (χ0n) is 14.9. The lowest BCUT2D eigenvalue weighted by molar-refractivity contribution is 0.320. The molecule has 2 rings (SSSR count). The Morgan fingerprint density at radius 2 is 2.16 bits per heavy atom. The van der Waals surface area contributed by atoms with Crippen LogP contribution in [-0.4, -0.2) is 42.2 Å². The Hall–Kier alpha value is -1.42. The number of pyridine rings is 1. The number of nitrogens with one attached hydrogen (secondary N) is 2. The van der Waals surface area contributed by atoms with Crippen LogP contribution < -0.4 is 15.4 Å². The average Bonchev–Trinajstić information content (AvgIpc) is 2.90. The molecule has 0 aromatic carbocycles. The first-order chi connectivity index (χ1) is 11.7. The SMILES string of the molecule is CCNC(=NCCc1nc(C)c(C)s1)NCCOc1cccnc1.I. The number of rotatable bonds is 8. The van der Waals surface area contributed by atoms with Gasteiger partial charge in [-0.05, 0) is 32.9 Å². The predicted molar refractivity (Wildman–Crippen MR) is 114 cm³/mol. The third-order valence-electron chi connectivity index (χ3n) is 3.31. The van der Waals surface area contributed by atoms with E-state index in [0.29, 0.717) is 19.7 Å². The molecule has 0 aliphatic heterocycles. The van der Waals surface area contributed by atoms with Crippen LogP contribution in [-0.2, 0) is 6.42 Å². The smallest absolute Gasteiger partial charge is 0.191 e. The van der Waals surface area contributed by atoms with Crippen LogP contribution in [0.3, 0.4) is 0 Å². The molecule has 8 heteroatoms. The molecular weight excluding hydrogens is 449 g/mol. The second-order valence-corrected chi connectivity index (χ2v) is 6.51. The fourth-order valence-corrected chi connectivity index (χ4v) is 2.94. The molecule has 2 aromatic heterocycles. The Balaban J connectivity index is 0.00000312. The van der Waals surface area contributed by atoms with E-state index in [1.165, 1.54) is 4.88 Å². The number of aryl methyl sites for hydroxylation is 2. The van der Waals surface area contributed by atoms with Gasteiger partial charge in [0.15, 0.2) is 5.96 Å². The number of nitrogens with zero attached hydrogens (tertiary/aromatic N) is 3. The highest BCUT2D eigenvalue weighted by Crippen LogP contribution is 2.16. The predicted octanol–water partition coefficient (Wildman–Crippen LogP) is 2.95. The van der Waals surface area contributed by atoms with Crippen molar-refractivity contribution in [3.05, 3.63) is 40.1 Å². The minimum Gasteiger partial charge on any atom is -0.490 e. The highest BCUT2D eigenvalue weighted by molar-refractivity contribution is 14.0. The fourth-order valence-electron chi connectivity index (χ4n) is 2.02. The maximum absolute atomic E-state index is 5.61. The molecule has 0 fully saturated rings. The van der Waals surface area contributed by atoms with Gasteiger partial charge in [0.1, 0.15) is 12.4 Å². The van der Waals surface area contributed by atoms with Crippen LogP contribution in [0.4, 0.5) is 0 Å². The molecule has 0 amide bonds. The van der Waals surface area contributed by atoms with Crippen LogP contribution in [0.5, 0.6) is 5.75 Å². The van der Waals surface area contributed by atoms with Gasteiger partial charge in [0.05, 0.1) is 23.4 Å². The van der Waals surface area contributed by atoms with Crippen molar-refractivity contribution in [3.8, 4) is 5.75 Å². The van der Waals surface area contributed by atoms with Gasteiger partial charge >= 0.3 is 0 Å². The van der Waals surface area contributed by atoms with E-state index >= 15 is 0 Å². The van der Waals surface area contributed by atoms with Gasteiger partial charge in [0.2, 0.25) is 0 Å². The van der Waals surface area contributed by atoms with Crippen molar-refractivity contribution < 1.29 is 4.74 Å². The molecule has 6 nitrogen and oxygen atoms in total. The van der Waals surface area contributed by atoms with Crippen molar-refractivity contribution in [1.82, 2.24) is 20.6 Å². The monoisotopic (exact) mass is 475 g/mol. The van der Waals surface area contributed by atoms with Crippen molar-refractivity contribution in [2.45, 2.75) is 27.2 Å². The van der Waals surface area contributed by atoms with E-state index in [1.54, 1.807) is 23.7 Å². The van der Waals surface area contributed by atoms with Crippen LogP contribution in [0, 0.1) is 13.8 Å². The number of halogens is 1. The summed E-state index contributed by atoms with van der Waals surface area (Å²) in [6.07, 6.45) is 4.30. The van der Waals surface area contributed by atoms with E-state index in [2.05, 4.69) is 39.4 Å². The molecule has 0 atom stereocenters. The quantitative estimate of drug-likeness (QED) is 0.266. The van der Waals surface area contributed by atoms with E-state index in [-0.39, 0.29) is 24.0 Å². The summed E-state index contributed by atoms with van der Waals surface area (Å²) < 4.78 is 5.61. The lowest BCUT2D eigenvalue weighted by Gasteiger charge is -2.11. The molecule has 0 spiro atoms. The van der Waals surface area contributed by atoms with Gasteiger partial charge in [0, 0.05) is 30.6 Å². The number of ether oxygens (including phenoxy) is 1. The molecule has 0 aliphatic rings. The van der Waals surface area contributed by atoms with Gasteiger partial charge in [-0.1, -0.05) is 0 Å². The van der Waals surface area contributed by atoms with E-state index in [4.69, 9.17) is 4.74 Å². The Morgan fingerprint density at radius 1 is 1.32 bits per heavy atom. The first-order valence-electron chi connectivity index (χ1n) is 8.17. The van der Waals surface area contributed by atoms with Crippen LogP contribution in [0.2, 0.25) is 0 Å². The lowest BCUT2D eigenvalue weighted by Crippen LogP contribution is -2.39. The normalized spacial score (nSPS) is 10.9. The van der Waals surface area contributed by atoms with Crippen molar-refractivity contribution in [3.63, 3.8) is 0 Å². The first kappa shape index (κ1) is 21.6. The molecule has 0 saturated heterocycles. The fraction of sp³-hybridized carbons (Fsp3) is 0.471. The molecule has 0 saturated carbocycles. The molecule has 0 unspecified atom stereocenters. The Morgan fingerprint density at radius 3 is 2.80 bits per heavy atom. The summed E-state index contributed by atoms with van der Waals surface area (Å²) in [6.45, 7) is 8.98. The van der Waals surface area contributed by atoms with Gasteiger partial charge in [-0.2, -0.15) is 0 Å².